The standard InChI is InChI=1S/C22H19BrF2N2O2/c23-14-6-7-20(28)17(11-14)19-9-13(16-4-1-5-18(24)22(16)25)10-21(27-19)26-12-15-3-2-8-29-15/h1,4-7,9-11,15,28H,2-3,8,12H2,(H,26,27). The zero-order valence-corrected chi connectivity index (χ0v) is 17.0. The molecule has 1 aliphatic rings. The summed E-state index contributed by atoms with van der Waals surface area (Å²) < 4.78 is 34.6. The van der Waals surface area contributed by atoms with E-state index in [9.17, 15) is 13.9 Å². The smallest absolute Gasteiger partial charge is 0.166 e. The predicted octanol–water partition coefficient (Wildman–Crippen LogP) is 5.75. The fourth-order valence-corrected chi connectivity index (χ4v) is 3.74. The van der Waals surface area contributed by atoms with E-state index in [1.807, 2.05) is 0 Å². The van der Waals surface area contributed by atoms with E-state index in [-0.39, 0.29) is 17.4 Å². The van der Waals surface area contributed by atoms with Gasteiger partial charge in [-0.15, -0.1) is 0 Å². The second-order valence-electron chi connectivity index (χ2n) is 6.91. The summed E-state index contributed by atoms with van der Waals surface area (Å²) in [7, 11) is 0. The average Bonchev–Trinajstić information content (AvgIpc) is 3.24. The predicted molar refractivity (Wildman–Crippen MR) is 112 cm³/mol. The summed E-state index contributed by atoms with van der Waals surface area (Å²) in [6, 6.07) is 12.4. The Balaban J connectivity index is 1.78. The highest BCUT2D eigenvalue weighted by Crippen LogP contribution is 2.35. The van der Waals surface area contributed by atoms with Crippen LogP contribution in [0, 0.1) is 11.6 Å². The van der Waals surface area contributed by atoms with Crippen LogP contribution >= 0.6 is 15.9 Å². The van der Waals surface area contributed by atoms with Crippen LogP contribution in [0.15, 0.2) is 53.0 Å². The lowest BCUT2D eigenvalue weighted by molar-refractivity contribution is 0.120. The Labute approximate surface area is 175 Å². The average molecular weight is 461 g/mol. The molecule has 7 heteroatoms. The number of phenols is 1. The van der Waals surface area contributed by atoms with Crippen molar-refractivity contribution < 1.29 is 18.6 Å². The van der Waals surface area contributed by atoms with Crippen LogP contribution in [0.2, 0.25) is 0 Å². The summed E-state index contributed by atoms with van der Waals surface area (Å²) in [5, 5.41) is 13.5. The third-order valence-corrected chi connectivity index (χ3v) is 5.35. The quantitative estimate of drug-likeness (QED) is 0.508. The molecule has 0 saturated carbocycles. The topological polar surface area (TPSA) is 54.4 Å². The van der Waals surface area contributed by atoms with Crippen molar-refractivity contribution in [2.24, 2.45) is 0 Å². The van der Waals surface area contributed by atoms with Crippen molar-refractivity contribution in [1.82, 2.24) is 4.98 Å². The first-order chi connectivity index (χ1) is 14.0. The number of anilines is 1. The largest absolute Gasteiger partial charge is 0.507 e. The summed E-state index contributed by atoms with van der Waals surface area (Å²) in [4.78, 5) is 4.58. The minimum absolute atomic E-state index is 0.0441. The maximum atomic E-state index is 14.4. The van der Waals surface area contributed by atoms with E-state index in [0.29, 0.717) is 29.2 Å². The van der Waals surface area contributed by atoms with Gasteiger partial charge >= 0.3 is 0 Å². The fraction of sp³-hybridized carbons (Fsp3) is 0.227. The van der Waals surface area contributed by atoms with Gasteiger partial charge in [0.05, 0.1) is 11.8 Å². The number of benzene rings is 2. The Morgan fingerprint density at radius 3 is 2.79 bits per heavy atom. The van der Waals surface area contributed by atoms with Gasteiger partial charge < -0.3 is 15.2 Å². The van der Waals surface area contributed by atoms with Crippen LogP contribution < -0.4 is 5.32 Å². The highest BCUT2D eigenvalue weighted by Gasteiger charge is 2.18. The highest BCUT2D eigenvalue weighted by atomic mass is 79.9. The molecule has 29 heavy (non-hydrogen) atoms. The Morgan fingerprint density at radius 1 is 1.14 bits per heavy atom. The molecule has 0 aliphatic carbocycles. The number of nitrogens with one attached hydrogen (secondary N) is 1. The number of hydrogen-bond acceptors (Lipinski definition) is 4. The third-order valence-electron chi connectivity index (χ3n) is 4.86. The summed E-state index contributed by atoms with van der Waals surface area (Å²) in [6.45, 7) is 1.30. The summed E-state index contributed by atoms with van der Waals surface area (Å²) in [5.41, 5.74) is 1.52. The van der Waals surface area contributed by atoms with Crippen LogP contribution in [0.25, 0.3) is 22.4 Å². The Hall–Kier alpha value is -2.51. The number of ether oxygens (including phenoxy) is 1. The third kappa shape index (κ3) is 4.41. The number of pyridine rings is 1. The summed E-state index contributed by atoms with van der Waals surface area (Å²) >= 11 is 3.39. The maximum absolute atomic E-state index is 14.4. The van der Waals surface area contributed by atoms with Gasteiger partial charge in [0.1, 0.15) is 11.6 Å². The summed E-state index contributed by atoms with van der Waals surface area (Å²) in [5.74, 6) is -1.30. The van der Waals surface area contributed by atoms with Gasteiger partial charge in [-0.1, -0.05) is 28.1 Å². The van der Waals surface area contributed by atoms with Gasteiger partial charge in [-0.2, -0.15) is 0 Å². The number of halogens is 3. The molecule has 2 heterocycles. The van der Waals surface area contributed by atoms with Crippen molar-refractivity contribution >= 4 is 21.7 Å². The molecule has 1 aromatic heterocycles. The molecule has 4 rings (SSSR count). The second-order valence-corrected chi connectivity index (χ2v) is 7.82. The van der Waals surface area contributed by atoms with Crippen molar-refractivity contribution in [3.05, 3.63) is 64.6 Å². The second kappa shape index (κ2) is 8.47. The fourth-order valence-electron chi connectivity index (χ4n) is 3.38. The van der Waals surface area contributed by atoms with Crippen LogP contribution in [0.4, 0.5) is 14.6 Å². The zero-order valence-electron chi connectivity index (χ0n) is 15.5. The lowest BCUT2D eigenvalue weighted by Crippen LogP contribution is -2.19. The minimum atomic E-state index is -0.923. The van der Waals surface area contributed by atoms with Crippen molar-refractivity contribution in [3.8, 4) is 28.1 Å². The van der Waals surface area contributed by atoms with Crippen molar-refractivity contribution in [2.45, 2.75) is 18.9 Å². The Morgan fingerprint density at radius 2 is 2.00 bits per heavy atom. The zero-order chi connectivity index (χ0) is 20.4. The van der Waals surface area contributed by atoms with Crippen molar-refractivity contribution in [2.75, 3.05) is 18.5 Å². The molecular weight excluding hydrogens is 442 g/mol. The molecule has 2 N–H and O–H groups in total. The molecule has 0 bridgehead atoms. The lowest BCUT2D eigenvalue weighted by Gasteiger charge is -2.15. The van der Waals surface area contributed by atoms with Gasteiger partial charge in [0.15, 0.2) is 11.6 Å². The van der Waals surface area contributed by atoms with E-state index < -0.39 is 11.6 Å². The first-order valence-corrected chi connectivity index (χ1v) is 10.1. The van der Waals surface area contributed by atoms with Gasteiger partial charge in [0.25, 0.3) is 0 Å². The first-order valence-electron chi connectivity index (χ1n) is 9.32. The lowest BCUT2D eigenvalue weighted by atomic mass is 10.0. The highest BCUT2D eigenvalue weighted by molar-refractivity contribution is 9.10. The van der Waals surface area contributed by atoms with Gasteiger partial charge in [-0.25, -0.2) is 13.8 Å². The molecule has 0 radical (unpaired) electrons. The maximum Gasteiger partial charge on any atom is 0.166 e. The van der Waals surface area contributed by atoms with Crippen LogP contribution in [-0.4, -0.2) is 29.3 Å². The van der Waals surface area contributed by atoms with E-state index in [0.717, 1.165) is 30.0 Å². The number of aromatic nitrogens is 1. The van der Waals surface area contributed by atoms with Gasteiger partial charge in [0.2, 0.25) is 0 Å². The molecule has 1 fully saturated rings. The molecule has 1 atom stereocenters. The normalized spacial score (nSPS) is 16.2. The Bertz CT molecular complexity index is 1020. The van der Waals surface area contributed by atoms with Crippen LogP contribution in [0.1, 0.15) is 12.8 Å². The number of rotatable bonds is 5. The van der Waals surface area contributed by atoms with Gasteiger partial charge in [-0.05, 0) is 54.8 Å². The van der Waals surface area contributed by atoms with Gasteiger partial charge in [-0.3, -0.25) is 0 Å². The molecule has 1 aliphatic heterocycles. The van der Waals surface area contributed by atoms with Crippen LogP contribution in [0.5, 0.6) is 5.75 Å². The van der Waals surface area contributed by atoms with Crippen molar-refractivity contribution in [1.29, 1.82) is 0 Å². The van der Waals surface area contributed by atoms with E-state index >= 15 is 0 Å². The van der Waals surface area contributed by atoms with E-state index in [2.05, 4.69) is 26.2 Å². The molecule has 3 aromatic rings. The molecule has 1 unspecified atom stereocenters. The van der Waals surface area contributed by atoms with E-state index in [1.165, 1.54) is 12.1 Å². The molecular formula is C22H19BrF2N2O2. The SMILES string of the molecule is Oc1ccc(Br)cc1-c1cc(-c2cccc(F)c2F)cc(NCC2CCCO2)n1. The van der Waals surface area contributed by atoms with Crippen LogP contribution in [-0.2, 0) is 4.74 Å². The number of nitrogens with zero attached hydrogens (tertiary/aromatic N) is 1. The van der Waals surface area contributed by atoms with Crippen molar-refractivity contribution in [3.63, 3.8) is 0 Å². The van der Waals surface area contributed by atoms with Gasteiger partial charge in [0, 0.05) is 28.8 Å². The number of aromatic hydroxyl groups is 1. The van der Waals surface area contributed by atoms with Crippen LogP contribution in [0.3, 0.4) is 0 Å². The first kappa shape index (κ1) is 19.8. The molecule has 4 nitrogen and oxygen atoms in total. The molecule has 2 aromatic carbocycles. The molecule has 0 amide bonds. The monoisotopic (exact) mass is 460 g/mol. The van der Waals surface area contributed by atoms with E-state index in [4.69, 9.17) is 4.74 Å². The molecule has 150 valence electrons. The number of hydrogen-bond donors (Lipinski definition) is 2. The van der Waals surface area contributed by atoms with E-state index in [1.54, 1.807) is 30.3 Å². The molecule has 0 spiro atoms. The molecule has 1 saturated heterocycles. The summed E-state index contributed by atoms with van der Waals surface area (Å²) in [6.07, 6.45) is 2.07. The Kier molecular flexibility index (Phi) is 5.78. The number of phenolic OH excluding ortho intramolecular Hbond substituents is 1. The minimum Gasteiger partial charge on any atom is -0.507 e.